The Balaban J connectivity index is 1.83. The van der Waals surface area contributed by atoms with Crippen molar-refractivity contribution in [1.29, 1.82) is 0 Å². The summed E-state index contributed by atoms with van der Waals surface area (Å²) in [6.45, 7) is 0.398. The molecule has 1 amide bonds. The monoisotopic (exact) mass is 486 g/mol. The summed E-state index contributed by atoms with van der Waals surface area (Å²) < 4.78 is 52.7. The molecule has 0 spiro atoms. The van der Waals surface area contributed by atoms with Crippen molar-refractivity contribution in [2.45, 2.75) is 23.8 Å². The minimum absolute atomic E-state index is 0.120. The Hall–Kier alpha value is -3.43. The van der Waals surface area contributed by atoms with Gasteiger partial charge in [0.2, 0.25) is 15.9 Å². The summed E-state index contributed by atoms with van der Waals surface area (Å²) in [4.78, 5) is 12.7. The smallest absolute Gasteiger partial charge is 0.241 e. The highest BCUT2D eigenvalue weighted by Gasteiger charge is 2.27. The van der Waals surface area contributed by atoms with Crippen LogP contribution in [0.3, 0.4) is 0 Å². The van der Waals surface area contributed by atoms with Crippen molar-refractivity contribution < 1.29 is 27.1 Å². The molecule has 0 bridgehead atoms. The molecule has 9 heteroatoms. The first-order chi connectivity index (χ1) is 16.3. The Bertz CT molecular complexity index is 1200. The Morgan fingerprint density at radius 1 is 0.941 bits per heavy atom. The highest BCUT2D eigenvalue weighted by Crippen LogP contribution is 2.36. The standard InChI is InChI=1S/C25H27FN2O5S/c1-32-23-10-6-9-21(25(23)33-2)22(28-34(30,31)20-13-11-19(26)12-14-20)17-24(29)27-16-15-18-7-4-3-5-8-18/h3-14,22,28H,15-17H2,1-2H3,(H,27,29). The van der Waals surface area contributed by atoms with E-state index in [9.17, 15) is 17.6 Å². The van der Waals surface area contributed by atoms with Gasteiger partial charge in [-0.25, -0.2) is 17.5 Å². The van der Waals surface area contributed by atoms with E-state index in [1.165, 1.54) is 14.2 Å². The predicted molar refractivity (Wildman–Crippen MR) is 127 cm³/mol. The van der Waals surface area contributed by atoms with Gasteiger partial charge in [-0.1, -0.05) is 42.5 Å². The van der Waals surface area contributed by atoms with Gasteiger partial charge in [-0.2, -0.15) is 0 Å². The van der Waals surface area contributed by atoms with Crippen LogP contribution in [0.5, 0.6) is 11.5 Å². The lowest BCUT2D eigenvalue weighted by Crippen LogP contribution is -2.34. The highest BCUT2D eigenvalue weighted by molar-refractivity contribution is 7.89. The Kier molecular flexibility index (Phi) is 8.61. The molecule has 3 aromatic rings. The number of carbonyl (C=O) groups is 1. The lowest BCUT2D eigenvalue weighted by atomic mass is 10.0. The Morgan fingerprint density at radius 2 is 1.65 bits per heavy atom. The number of amides is 1. The van der Waals surface area contributed by atoms with Crippen molar-refractivity contribution >= 4 is 15.9 Å². The van der Waals surface area contributed by atoms with E-state index in [1.807, 2.05) is 30.3 Å². The fraction of sp³-hybridized carbons (Fsp3) is 0.240. The van der Waals surface area contributed by atoms with Crippen molar-refractivity contribution in [2.75, 3.05) is 20.8 Å². The van der Waals surface area contributed by atoms with E-state index < -0.39 is 21.9 Å². The molecule has 0 aliphatic rings. The molecule has 1 unspecified atom stereocenters. The van der Waals surface area contributed by atoms with Crippen LogP contribution in [0.2, 0.25) is 0 Å². The summed E-state index contributed by atoms with van der Waals surface area (Å²) in [7, 11) is -1.17. The van der Waals surface area contributed by atoms with Crippen molar-refractivity contribution in [3.8, 4) is 11.5 Å². The van der Waals surface area contributed by atoms with Crippen molar-refractivity contribution in [2.24, 2.45) is 0 Å². The molecule has 7 nitrogen and oxygen atoms in total. The van der Waals surface area contributed by atoms with Gasteiger partial charge in [0.25, 0.3) is 0 Å². The van der Waals surface area contributed by atoms with Crippen LogP contribution in [0.4, 0.5) is 4.39 Å². The van der Waals surface area contributed by atoms with Crippen LogP contribution in [-0.4, -0.2) is 35.1 Å². The first kappa shape index (κ1) is 25.2. The van der Waals surface area contributed by atoms with Gasteiger partial charge < -0.3 is 14.8 Å². The summed E-state index contributed by atoms with van der Waals surface area (Å²) >= 11 is 0. The Labute approximate surface area is 199 Å². The number of sulfonamides is 1. The summed E-state index contributed by atoms with van der Waals surface area (Å²) in [6.07, 6.45) is 0.458. The topological polar surface area (TPSA) is 93.7 Å². The van der Waals surface area contributed by atoms with E-state index in [1.54, 1.807) is 18.2 Å². The molecular formula is C25H27FN2O5S. The molecule has 3 rings (SSSR count). The lowest BCUT2D eigenvalue weighted by Gasteiger charge is -2.22. The van der Waals surface area contributed by atoms with Gasteiger partial charge in [-0.05, 0) is 42.3 Å². The molecule has 180 valence electrons. The van der Waals surface area contributed by atoms with E-state index in [0.717, 1.165) is 29.8 Å². The third-order valence-corrected chi connectivity index (χ3v) is 6.69. The minimum atomic E-state index is -4.07. The van der Waals surface area contributed by atoms with Gasteiger partial charge in [0, 0.05) is 18.5 Å². The quantitative estimate of drug-likeness (QED) is 0.432. The molecule has 3 aromatic carbocycles. The third kappa shape index (κ3) is 6.55. The van der Waals surface area contributed by atoms with Crippen LogP contribution in [0.25, 0.3) is 0 Å². The summed E-state index contributed by atoms with van der Waals surface area (Å²) in [5.74, 6) is -0.181. The molecule has 2 N–H and O–H groups in total. The van der Waals surface area contributed by atoms with Crippen molar-refractivity contribution in [3.63, 3.8) is 0 Å². The molecule has 0 saturated carbocycles. The van der Waals surface area contributed by atoms with Crippen molar-refractivity contribution in [3.05, 3.63) is 89.7 Å². The number of halogens is 1. The number of nitrogens with one attached hydrogen (secondary N) is 2. The zero-order valence-electron chi connectivity index (χ0n) is 19.0. The van der Waals surface area contributed by atoms with Gasteiger partial charge in [0.1, 0.15) is 5.82 Å². The zero-order valence-corrected chi connectivity index (χ0v) is 19.8. The van der Waals surface area contributed by atoms with Crippen LogP contribution >= 0.6 is 0 Å². The fourth-order valence-corrected chi connectivity index (χ4v) is 4.73. The molecule has 0 aliphatic carbocycles. The first-order valence-corrected chi connectivity index (χ1v) is 12.1. The second-order valence-electron chi connectivity index (χ2n) is 7.50. The number of benzene rings is 3. The summed E-state index contributed by atoms with van der Waals surface area (Å²) in [5, 5.41) is 2.84. The third-order valence-electron chi connectivity index (χ3n) is 5.20. The molecule has 1 atom stereocenters. The summed E-state index contributed by atoms with van der Waals surface area (Å²) in [6, 6.07) is 18.2. The maximum atomic E-state index is 13.3. The normalized spacial score (nSPS) is 12.1. The predicted octanol–water partition coefficient (Wildman–Crippen LogP) is 3.61. The average Bonchev–Trinajstić information content (AvgIpc) is 2.83. The molecule has 0 aliphatic heterocycles. The fourth-order valence-electron chi connectivity index (χ4n) is 3.52. The molecule has 0 saturated heterocycles. The van der Waals surface area contributed by atoms with Crippen LogP contribution in [0, 0.1) is 5.82 Å². The molecule has 34 heavy (non-hydrogen) atoms. The molecular weight excluding hydrogens is 459 g/mol. The van der Waals surface area contributed by atoms with Gasteiger partial charge in [0.05, 0.1) is 25.2 Å². The number of para-hydroxylation sites is 1. The minimum Gasteiger partial charge on any atom is -0.493 e. The number of hydrogen-bond acceptors (Lipinski definition) is 5. The van der Waals surface area contributed by atoms with Gasteiger partial charge in [-0.15, -0.1) is 0 Å². The van der Waals surface area contributed by atoms with Gasteiger partial charge in [0.15, 0.2) is 11.5 Å². The number of methoxy groups -OCH3 is 2. The lowest BCUT2D eigenvalue weighted by molar-refractivity contribution is -0.121. The zero-order chi connectivity index (χ0) is 24.6. The van der Waals surface area contributed by atoms with Crippen LogP contribution in [-0.2, 0) is 21.2 Å². The Morgan fingerprint density at radius 3 is 2.29 bits per heavy atom. The number of hydrogen-bond donors (Lipinski definition) is 2. The van der Waals surface area contributed by atoms with Crippen LogP contribution in [0.1, 0.15) is 23.6 Å². The van der Waals surface area contributed by atoms with E-state index >= 15 is 0 Å². The summed E-state index contributed by atoms with van der Waals surface area (Å²) in [5.41, 5.74) is 1.51. The average molecular weight is 487 g/mol. The van der Waals surface area contributed by atoms with Crippen LogP contribution < -0.4 is 19.5 Å². The van der Waals surface area contributed by atoms with E-state index in [2.05, 4.69) is 10.0 Å². The molecule has 0 radical (unpaired) electrons. The molecule has 0 heterocycles. The maximum absolute atomic E-state index is 13.3. The molecule has 0 aromatic heterocycles. The molecule has 0 fully saturated rings. The SMILES string of the molecule is COc1cccc(C(CC(=O)NCCc2ccccc2)NS(=O)(=O)c2ccc(F)cc2)c1OC. The van der Waals surface area contributed by atoms with Crippen molar-refractivity contribution in [1.82, 2.24) is 10.0 Å². The second-order valence-corrected chi connectivity index (χ2v) is 9.21. The van der Waals surface area contributed by atoms with Gasteiger partial charge in [-0.3, -0.25) is 4.79 Å². The van der Waals surface area contributed by atoms with E-state index in [4.69, 9.17) is 9.47 Å². The van der Waals surface area contributed by atoms with Gasteiger partial charge >= 0.3 is 0 Å². The first-order valence-electron chi connectivity index (χ1n) is 10.6. The van der Waals surface area contributed by atoms with E-state index in [-0.39, 0.29) is 17.2 Å². The van der Waals surface area contributed by atoms with Crippen LogP contribution in [0.15, 0.2) is 77.7 Å². The highest BCUT2D eigenvalue weighted by atomic mass is 32.2. The largest absolute Gasteiger partial charge is 0.493 e. The number of carbonyl (C=O) groups excluding carboxylic acids is 1. The van der Waals surface area contributed by atoms with E-state index in [0.29, 0.717) is 30.0 Å². The maximum Gasteiger partial charge on any atom is 0.241 e. The number of ether oxygens (including phenoxy) is 2. The number of rotatable bonds is 11. The second kappa shape index (κ2) is 11.6.